The van der Waals surface area contributed by atoms with Crippen LogP contribution in [0.4, 0.5) is 0 Å². The molecule has 0 saturated carbocycles. The lowest BCUT2D eigenvalue weighted by molar-refractivity contribution is 0.750. The number of rotatable bonds is 2. The molecule has 0 aliphatic carbocycles. The van der Waals surface area contributed by atoms with Gasteiger partial charge >= 0.3 is 0 Å². The second-order valence-corrected chi connectivity index (χ2v) is 4.53. The molecule has 0 atom stereocenters. The fourth-order valence-electron chi connectivity index (χ4n) is 1.86. The number of aromatic nitrogens is 1. The Labute approximate surface area is 98.9 Å². The van der Waals surface area contributed by atoms with Gasteiger partial charge in [0.15, 0.2) is 0 Å². The summed E-state index contributed by atoms with van der Waals surface area (Å²) in [6.07, 6.45) is 0. The number of halogens is 1. The summed E-state index contributed by atoms with van der Waals surface area (Å²) in [5.41, 5.74) is 3.88. The standard InChI is InChI=1S/C13H14BrN/c1-3-15-10(2)4-9-13(15)11-5-7-12(14)8-6-11/h4-9H,3H2,1-2H3. The van der Waals surface area contributed by atoms with Crippen LogP contribution in [-0.2, 0) is 6.54 Å². The Kier molecular flexibility index (Phi) is 2.96. The van der Waals surface area contributed by atoms with E-state index in [2.05, 4.69) is 70.7 Å². The number of nitrogens with zero attached hydrogens (tertiary/aromatic N) is 1. The summed E-state index contributed by atoms with van der Waals surface area (Å²) in [4.78, 5) is 0. The van der Waals surface area contributed by atoms with Crippen molar-refractivity contribution < 1.29 is 0 Å². The van der Waals surface area contributed by atoms with Gasteiger partial charge in [-0.15, -0.1) is 0 Å². The van der Waals surface area contributed by atoms with Crippen molar-refractivity contribution in [1.29, 1.82) is 0 Å². The normalized spacial score (nSPS) is 10.6. The second-order valence-electron chi connectivity index (χ2n) is 3.61. The summed E-state index contributed by atoms with van der Waals surface area (Å²) in [7, 11) is 0. The molecule has 0 unspecified atom stereocenters. The van der Waals surface area contributed by atoms with Gasteiger partial charge in [0.25, 0.3) is 0 Å². The molecule has 0 radical (unpaired) electrons. The van der Waals surface area contributed by atoms with Crippen molar-refractivity contribution in [2.45, 2.75) is 20.4 Å². The summed E-state index contributed by atoms with van der Waals surface area (Å²) >= 11 is 3.45. The van der Waals surface area contributed by atoms with Crippen LogP contribution in [-0.4, -0.2) is 4.57 Å². The highest BCUT2D eigenvalue weighted by Crippen LogP contribution is 2.24. The summed E-state index contributed by atoms with van der Waals surface area (Å²) in [5, 5.41) is 0. The van der Waals surface area contributed by atoms with E-state index in [1.165, 1.54) is 17.0 Å². The van der Waals surface area contributed by atoms with Gasteiger partial charge in [0, 0.05) is 22.4 Å². The first kappa shape index (κ1) is 10.5. The molecule has 1 heterocycles. The van der Waals surface area contributed by atoms with Gasteiger partial charge in [-0.3, -0.25) is 0 Å². The van der Waals surface area contributed by atoms with Gasteiger partial charge in [-0.25, -0.2) is 0 Å². The van der Waals surface area contributed by atoms with E-state index in [4.69, 9.17) is 0 Å². The van der Waals surface area contributed by atoms with Crippen molar-refractivity contribution in [3.63, 3.8) is 0 Å². The molecule has 0 spiro atoms. The van der Waals surface area contributed by atoms with Gasteiger partial charge in [-0.05, 0) is 43.7 Å². The molecule has 0 aliphatic heterocycles. The smallest absolute Gasteiger partial charge is 0.0482 e. The summed E-state index contributed by atoms with van der Waals surface area (Å²) in [6, 6.07) is 12.8. The molecule has 15 heavy (non-hydrogen) atoms. The molecule has 2 heteroatoms. The Bertz CT molecular complexity index is 454. The Hall–Kier alpha value is -1.02. The van der Waals surface area contributed by atoms with Crippen molar-refractivity contribution >= 4 is 15.9 Å². The van der Waals surface area contributed by atoms with E-state index >= 15 is 0 Å². The molecular weight excluding hydrogens is 250 g/mol. The lowest BCUT2D eigenvalue weighted by Crippen LogP contribution is -1.98. The first-order valence-electron chi connectivity index (χ1n) is 5.14. The minimum absolute atomic E-state index is 1.02. The van der Waals surface area contributed by atoms with Gasteiger partial charge in [-0.1, -0.05) is 28.1 Å². The van der Waals surface area contributed by atoms with Crippen LogP contribution in [0.2, 0.25) is 0 Å². The summed E-state index contributed by atoms with van der Waals surface area (Å²) < 4.78 is 3.45. The van der Waals surface area contributed by atoms with E-state index < -0.39 is 0 Å². The van der Waals surface area contributed by atoms with Crippen LogP contribution < -0.4 is 0 Å². The van der Waals surface area contributed by atoms with Crippen molar-refractivity contribution in [1.82, 2.24) is 4.57 Å². The van der Waals surface area contributed by atoms with E-state index in [0.717, 1.165) is 11.0 Å². The van der Waals surface area contributed by atoms with E-state index in [0.29, 0.717) is 0 Å². The number of hydrogen-bond donors (Lipinski definition) is 0. The average Bonchev–Trinajstić information content (AvgIpc) is 2.61. The molecule has 0 aliphatic rings. The van der Waals surface area contributed by atoms with Crippen LogP contribution in [0.3, 0.4) is 0 Å². The van der Waals surface area contributed by atoms with E-state index in [-0.39, 0.29) is 0 Å². The summed E-state index contributed by atoms with van der Waals surface area (Å²) in [6.45, 7) is 5.34. The molecule has 78 valence electrons. The molecule has 0 bridgehead atoms. The zero-order chi connectivity index (χ0) is 10.8. The van der Waals surface area contributed by atoms with Crippen LogP contribution >= 0.6 is 15.9 Å². The Balaban J connectivity index is 2.49. The lowest BCUT2D eigenvalue weighted by Gasteiger charge is -2.08. The summed E-state index contributed by atoms with van der Waals surface area (Å²) in [5.74, 6) is 0. The Morgan fingerprint density at radius 1 is 1.07 bits per heavy atom. The predicted molar refractivity (Wildman–Crippen MR) is 68.0 cm³/mol. The highest BCUT2D eigenvalue weighted by molar-refractivity contribution is 9.10. The molecule has 0 fully saturated rings. The first-order valence-corrected chi connectivity index (χ1v) is 5.93. The molecule has 2 rings (SSSR count). The first-order chi connectivity index (χ1) is 7.22. The zero-order valence-corrected chi connectivity index (χ0v) is 10.6. The maximum Gasteiger partial charge on any atom is 0.0482 e. The van der Waals surface area contributed by atoms with Crippen LogP contribution in [0, 0.1) is 6.92 Å². The van der Waals surface area contributed by atoms with Gasteiger partial charge in [0.2, 0.25) is 0 Å². The van der Waals surface area contributed by atoms with Crippen molar-refractivity contribution in [2.24, 2.45) is 0 Å². The van der Waals surface area contributed by atoms with Crippen LogP contribution in [0.15, 0.2) is 40.9 Å². The molecule has 0 saturated heterocycles. The van der Waals surface area contributed by atoms with Crippen molar-refractivity contribution in [2.75, 3.05) is 0 Å². The molecule has 1 aromatic heterocycles. The molecular formula is C13H14BrN. The maximum absolute atomic E-state index is 3.45. The van der Waals surface area contributed by atoms with Crippen LogP contribution in [0.5, 0.6) is 0 Å². The fraction of sp³-hybridized carbons (Fsp3) is 0.231. The van der Waals surface area contributed by atoms with Crippen LogP contribution in [0.25, 0.3) is 11.3 Å². The number of hydrogen-bond acceptors (Lipinski definition) is 0. The largest absolute Gasteiger partial charge is 0.345 e. The van der Waals surface area contributed by atoms with Crippen LogP contribution in [0.1, 0.15) is 12.6 Å². The Morgan fingerprint density at radius 3 is 2.33 bits per heavy atom. The lowest BCUT2D eigenvalue weighted by atomic mass is 10.1. The second kappa shape index (κ2) is 4.23. The van der Waals surface area contributed by atoms with Gasteiger partial charge < -0.3 is 4.57 Å². The van der Waals surface area contributed by atoms with Crippen molar-refractivity contribution in [3.8, 4) is 11.3 Å². The van der Waals surface area contributed by atoms with Gasteiger partial charge in [0.05, 0.1) is 0 Å². The quantitative estimate of drug-likeness (QED) is 0.764. The average molecular weight is 264 g/mol. The SMILES string of the molecule is CCn1c(C)ccc1-c1ccc(Br)cc1. The minimum atomic E-state index is 1.02. The van der Waals surface area contributed by atoms with Gasteiger partial charge in [0.1, 0.15) is 0 Å². The number of benzene rings is 1. The predicted octanol–water partition coefficient (Wildman–Crippen LogP) is 4.25. The number of aryl methyl sites for hydroxylation is 1. The highest BCUT2D eigenvalue weighted by atomic mass is 79.9. The van der Waals surface area contributed by atoms with E-state index in [1.807, 2.05) is 0 Å². The highest BCUT2D eigenvalue weighted by Gasteiger charge is 2.05. The van der Waals surface area contributed by atoms with Crippen molar-refractivity contribution in [3.05, 3.63) is 46.6 Å². The van der Waals surface area contributed by atoms with E-state index in [9.17, 15) is 0 Å². The maximum atomic E-state index is 3.45. The third-order valence-corrected chi connectivity index (χ3v) is 3.18. The molecule has 1 nitrogen and oxygen atoms in total. The molecule has 0 amide bonds. The third-order valence-electron chi connectivity index (χ3n) is 2.66. The minimum Gasteiger partial charge on any atom is -0.345 e. The van der Waals surface area contributed by atoms with E-state index in [1.54, 1.807) is 0 Å². The molecule has 1 aromatic carbocycles. The molecule has 0 N–H and O–H groups in total. The monoisotopic (exact) mass is 263 g/mol. The third kappa shape index (κ3) is 2.00. The molecule has 2 aromatic rings. The Morgan fingerprint density at radius 2 is 1.73 bits per heavy atom. The fourth-order valence-corrected chi connectivity index (χ4v) is 2.13. The zero-order valence-electron chi connectivity index (χ0n) is 9.00. The topological polar surface area (TPSA) is 4.93 Å². The van der Waals surface area contributed by atoms with Gasteiger partial charge in [-0.2, -0.15) is 0 Å².